The Balaban J connectivity index is 3.09. The standard InChI is InChI=1S/C19H39N2O2/c1-18(2)14-12-10-8-6-4-3-5-7-9-11-13-15-19(22)20-16-17-21-23/h18,21H,3-17H2,1-2H3,(H,20,22)/q-1. The van der Waals surface area contributed by atoms with Crippen molar-refractivity contribution in [3.63, 3.8) is 0 Å². The molecule has 0 rings (SSSR count). The third kappa shape index (κ3) is 19.3. The van der Waals surface area contributed by atoms with E-state index in [2.05, 4.69) is 19.2 Å². The highest BCUT2D eigenvalue weighted by atomic mass is 16.5. The van der Waals surface area contributed by atoms with E-state index >= 15 is 0 Å². The lowest BCUT2D eigenvalue weighted by atomic mass is 10.0. The van der Waals surface area contributed by atoms with Crippen LogP contribution < -0.4 is 10.8 Å². The fourth-order valence-electron chi connectivity index (χ4n) is 2.77. The number of carbonyl (C=O) groups is 1. The van der Waals surface area contributed by atoms with Crippen LogP contribution in [0.3, 0.4) is 0 Å². The van der Waals surface area contributed by atoms with Gasteiger partial charge in [-0.15, -0.1) is 0 Å². The van der Waals surface area contributed by atoms with E-state index < -0.39 is 0 Å². The van der Waals surface area contributed by atoms with Gasteiger partial charge in [0, 0.05) is 19.5 Å². The minimum Gasteiger partial charge on any atom is -0.788 e. The molecule has 0 saturated carbocycles. The molecule has 0 unspecified atom stereocenters. The van der Waals surface area contributed by atoms with Crippen molar-refractivity contribution in [1.29, 1.82) is 0 Å². The predicted octanol–water partition coefficient (Wildman–Crippen LogP) is 4.92. The second kappa shape index (κ2) is 17.7. The van der Waals surface area contributed by atoms with E-state index in [0.717, 1.165) is 18.8 Å². The van der Waals surface area contributed by atoms with Gasteiger partial charge >= 0.3 is 0 Å². The first-order valence-electron chi connectivity index (χ1n) is 9.78. The number of hydrogen-bond donors (Lipinski definition) is 2. The molecule has 23 heavy (non-hydrogen) atoms. The van der Waals surface area contributed by atoms with Gasteiger partial charge < -0.3 is 16.0 Å². The Morgan fingerprint density at radius 1 is 0.783 bits per heavy atom. The topological polar surface area (TPSA) is 64.2 Å². The minimum atomic E-state index is 0.0673. The Morgan fingerprint density at radius 2 is 1.26 bits per heavy atom. The third-order valence-corrected chi connectivity index (χ3v) is 4.23. The average molecular weight is 328 g/mol. The second-order valence-corrected chi connectivity index (χ2v) is 7.07. The molecule has 0 spiro atoms. The third-order valence-electron chi connectivity index (χ3n) is 4.23. The molecular weight excluding hydrogens is 288 g/mol. The number of amides is 1. The second-order valence-electron chi connectivity index (χ2n) is 7.07. The highest BCUT2D eigenvalue weighted by Gasteiger charge is 1.99. The van der Waals surface area contributed by atoms with Crippen LogP contribution in [0.5, 0.6) is 0 Å². The van der Waals surface area contributed by atoms with Crippen molar-refractivity contribution in [2.24, 2.45) is 5.92 Å². The fourth-order valence-corrected chi connectivity index (χ4v) is 2.77. The molecule has 0 aliphatic heterocycles. The highest BCUT2D eigenvalue weighted by Crippen LogP contribution is 2.14. The quantitative estimate of drug-likeness (QED) is 0.294. The van der Waals surface area contributed by atoms with E-state index in [1.54, 1.807) is 5.48 Å². The molecule has 0 aliphatic carbocycles. The summed E-state index contributed by atoms with van der Waals surface area (Å²) in [5.41, 5.74) is 1.78. The first-order chi connectivity index (χ1) is 11.2. The molecule has 2 N–H and O–H groups in total. The largest absolute Gasteiger partial charge is 0.788 e. The first-order valence-corrected chi connectivity index (χ1v) is 9.78. The molecule has 4 nitrogen and oxygen atoms in total. The molecule has 0 saturated heterocycles. The van der Waals surface area contributed by atoms with Gasteiger partial charge in [-0.25, -0.2) is 0 Å². The molecule has 0 heterocycles. The smallest absolute Gasteiger partial charge is 0.220 e. The zero-order chi connectivity index (χ0) is 17.2. The monoisotopic (exact) mass is 327 g/mol. The molecule has 0 radical (unpaired) electrons. The van der Waals surface area contributed by atoms with Crippen molar-refractivity contribution in [2.75, 3.05) is 13.1 Å². The van der Waals surface area contributed by atoms with Crippen LogP contribution in [0.2, 0.25) is 0 Å². The van der Waals surface area contributed by atoms with Crippen LogP contribution in [0.4, 0.5) is 0 Å². The summed E-state index contributed by atoms with van der Waals surface area (Å²) in [6, 6.07) is 0. The fraction of sp³-hybridized carbons (Fsp3) is 0.947. The van der Waals surface area contributed by atoms with Gasteiger partial charge in [0.15, 0.2) is 0 Å². The summed E-state index contributed by atoms with van der Waals surface area (Å²) in [5, 5.41) is 12.7. The average Bonchev–Trinajstić information content (AvgIpc) is 2.51. The lowest BCUT2D eigenvalue weighted by Gasteiger charge is -2.08. The number of hydroxylamine groups is 1. The Bertz CT molecular complexity index is 258. The SMILES string of the molecule is CC(C)CCCCCCCCCCCCCC(=O)NCCN[O-]. The maximum atomic E-state index is 11.4. The molecule has 0 aromatic rings. The molecular formula is C19H39N2O2-. The van der Waals surface area contributed by atoms with E-state index in [9.17, 15) is 10.0 Å². The Kier molecular flexibility index (Phi) is 17.3. The van der Waals surface area contributed by atoms with Gasteiger partial charge in [-0.2, -0.15) is 0 Å². The molecule has 4 heteroatoms. The summed E-state index contributed by atoms with van der Waals surface area (Å²) < 4.78 is 0. The van der Waals surface area contributed by atoms with Crippen LogP contribution in [0, 0.1) is 11.1 Å². The minimum absolute atomic E-state index is 0.0673. The van der Waals surface area contributed by atoms with E-state index in [-0.39, 0.29) is 5.91 Å². The lowest BCUT2D eigenvalue weighted by molar-refractivity contribution is -0.121. The van der Waals surface area contributed by atoms with Crippen LogP contribution in [0.25, 0.3) is 0 Å². The van der Waals surface area contributed by atoms with Crippen LogP contribution in [0.15, 0.2) is 0 Å². The summed E-state index contributed by atoms with van der Waals surface area (Å²) in [4.78, 5) is 11.4. The molecule has 0 atom stereocenters. The van der Waals surface area contributed by atoms with Gasteiger partial charge in [0.05, 0.1) is 0 Å². The van der Waals surface area contributed by atoms with Crippen molar-refractivity contribution in [2.45, 2.75) is 97.3 Å². The van der Waals surface area contributed by atoms with Crippen LogP contribution in [0.1, 0.15) is 97.3 Å². The number of nitrogens with one attached hydrogen (secondary N) is 2. The summed E-state index contributed by atoms with van der Waals surface area (Å²) in [6.45, 7) is 5.33. The van der Waals surface area contributed by atoms with Crippen molar-refractivity contribution in [3.05, 3.63) is 5.21 Å². The number of unbranched alkanes of at least 4 members (excludes halogenated alkanes) is 10. The van der Waals surface area contributed by atoms with E-state index in [4.69, 9.17) is 0 Å². The molecule has 0 aliphatic rings. The Morgan fingerprint density at radius 3 is 1.74 bits per heavy atom. The normalized spacial score (nSPS) is 11.1. The van der Waals surface area contributed by atoms with Gasteiger partial charge in [-0.1, -0.05) is 84.5 Å². The van der Waals surface area contributed by atoms with Gasteiger partial charge in [0.2, 0.25) is 5.91 Å². The molecule has 0 aromatic heterocycles. The van der Waals surface area contributed by atoms with Crippen molar-refractivity contribution in [3.8, 4) is 0 Å². The zero-order valence-corrected chi connectivity index (χ0v) is 15.5. The van der Waals surface area contributed by atoms with E-state index in [1.807, 2.05) is 0 Å². The Hall–Kier alpha value is -0.610. The highest BCUT2D eigenvalue weighted by molar-refractivity contribution is 5.75. The maximum absolute atomic E-state index is 11.4. The van der Waals surface area contributed by atoms with E-state index in [0.29, 0.717) is 19.5 Å². The number of rotatable bonds is 17. The molecule has 138 valence electrons. The van der Waals surface area contributed by atoms with Crippen molar-refractivity contribution in [1.82, 2.24) is 10.8 Å². The molecule has 0 bridgehead atoms. The Labute approximate surface area is 143 Å². The zero-order valence-electron chi connectivity index (χ0n) is 15.5. The van der Waals surface area contributed by atoms with Crippen LogP contribution in [-0.2, 0) is 4.79 Å². The molecule has 0 aromatic carbocycles. The summed E-state index contributed by atoms with van der Waals surface area (Å²) >= 11 is 0. The maximum Gasteiger partial charge on any atom is 0.220 e. The van der Waals surface area contributed by atoms with Crippen LogP contribution in [-0.4, -0.2) is 19.0 Å². The summed E-state index contributed by atoms with van der Waals surface area (Å²) in [7, 11) is 0. The van der Waals surface area contributed by atoms with Crippen LogP contribution >= 0.6 is 0 Å². The van der Waals surface area contributed by atoms with Crippen molar-refractivity contribution < 1.29 is 4.79 Å². The van der Waals surface area contributed by atoms with Crippen molar-refractivity contribution >= 4 is 5.91 Å². The van der Waals surface area contributed by atoms with E-state index in [1.165, 1.54) is 64.2 Å². The lowest BCUT2D eigenvalue weighted by Crippen LogP contribution is -2.29. The molecule has 0 fully saturated rings. The van der Waals surface area contributed by atoms with Gasteiger partial charge in [-0.3, -0.25) is 4.79 Å². The summed E-state index contributed by atoms with van der Waals surface area (Å²) in [6.07, 6.45) is 16.3. The van der Waals surface area contributed by atoms with Gasteiger partial charge in [0.25, 0.3) is 0 Å². The first kappa shape index (κ1) is 22.4. The number of hydrogen-bond acceptors (Lipinski definition) is 3. The summed E-state index contributed by atoms with van der Waals surface area (Å²) in [5.74, 6) is 0.925. The predicted molar refractivity (Wildman–Crippen MR) is 99.2 cm³/mol. The van der Waals surface area contributed by atoms with Gasteiger partial charge in [-0.05, 0) is 12.3 Å². The molecule has 1 amide bonds. The van der Waals surface area contributed by atoms with Gasteiger partial charge in [0.1, 0.15) is 0 Å². The number of carbonyl (C=O) groups excluding carboxylic acids is 1.